The fourth-order valence-electron chi connectivity index (χ4n) is 1.85. The summed E-state index contributed by atoms with van der Waals surface area (Å²) in [4.78, 5) is 4.07. The molecule has 0 unspecified atom stereocenters. The monoisotopic (exact) mass is 236 g/mol. The molecule has 0 aliphatic carbocycles. The molecule has 0 saturated carbocycles. The number of pyridine rings is 1. The van der Waals surface area contributed by atoms with Gasteiger partial charge in [-0.2, -0.15) is 0 Å². The van der Waals surface area contributed by atoms with E-state index < -0.39 is 0 Å². The second-order valence-electron chi connectivity index (χ2n) is 3.95. The first kappa shape index (κ1) is 10.5. The summed E-state index contributed by atoms with van der Waals surface area (Å²) in [6.45, 7) is 0. The van der Waals surface area contributed by atoms with Gasteiger partial charge in [-0.05, 0) is 17.7 Å². The Labute approximate surface area is 105 Å². The van der Waals surface area contributed by atoms with Gasteiger partial charge in [-0.25, -0.2) is 4.68 Å². The summed E-state index contributed by atoms with van der Waals surface area (Å²) in [5, 5.41) is 4.31. The maximum Gasteiger partial charge on any atom is 0.153 e. The van der Waals surface area contributed by atoms with Crippen LogP contribution in [-0.2, 0) is 0 Å². The van der Waals surface area contributed by atoms with Gasteiger partial charge in [-0.1, -0.05) is 30.3 Å². The van der Waals surface area contributed by atoms with Crippen LogP contribution in [0.4, 0.5) is 5.82 Å². The maximum absolute atomic E-state index is 5.96. The molecule has 4 nitrogen and oxygen atoms in total. The quantitative estimate of drug-likeness (QED) is 0.743. The van der Waals surface area contributed by atoms with Crippen LogP contribution in [0, 0.1) is 0 Å². The number of benzene rings is 1. The summed E-state index contributed by atoms with van der Waals surface area (Å²) in [6.07, 6.45) is 5.40. The molecule has 2 heterocycles. The van der Waals surface area contributed by atoms with Crippen LogP contribution < -0.4 is 5.73 Å². The average molecular weight is 236 g/mol. The number of rotatable bonds is 2. The molecule has 0 spiro atoms. The van der Waals surface area contributed by atoms with E-state index in [9.17, 15) is 0 Å². The fourth-order valence-corrected chi connectivity index (χ4v) is 1.85. The number of nitrogens with zero attached hydrogens (tertiary/aromatic N) is 3. The van der Waals surface area contributed by atoms with Crippen LogP contribution >= 0.6 is 0 Å². The molecule has 0 radical (unpaired) electrons. The smallest absolute Gasteiger partial charge is 0.153 e. The van der Waals surface area contributed by atoms with Crippen molar-refractivity contribution in [3.05, 3.63) is 61.1 Å². The molecule has 0 bridgehead atoms. The normalized spacial score (nSPS) is 10.4. The highest BCUT2D eigenvalue weighted by atomic mass is 15.3. The van der Waals surface area contributed by atoms with Crippen LogP contribution in [0.5, 0.6) is 0 Å². The Kier molecular flexibility index (Phi) is 2.53. The minimum absolute atomic E-state index is 0.519. The van der Waals surface area contributed by atoms with E-state index in [-0.39, 0.29) is 0 Å². The Hall–Kier alpha value is -2.62. The number of hydrogen-bond acceptors (Lipinski definition) is 3. The molecule has 2 aromatic heterocycles. The van der Waals surface area contributed by atoms with Crippen LogP contribution in [0.1, 0.15) is 0 Å². The molecule has 0 aliphatic rings. The van der Waals surface area contributed by atoms with E-state index in [4.69, 9.17) is 5.73 Å². The first-order valence-corrected chi connectivity index (χ1v) is 5.65. The van der Waals surface area contributed by atoms with Gasteiger partial charge in [0.25, 0.3) is 0 Å². The molecule has 3 rings (SSSR count). The summed E-state index contributed by atoms with van der Waals surface area (Å²) in [7, 11) is 0. The van der Waals surface area contributed by atoms with Crippen molar-refractivity contribution < 1.29 is 0 Å². The second kappa shape index (κ2) is 4.33. The van der Waals surface area contributed by atoms with Gasteiger partial charge in [-0.15, -0.1) is 5.10 Å². The van der Waals surface area contributed by atoms with Gasteiger partial charge in [-0.3, -0.25) is 4.98 Å². The SMILES string of the molecule is Nc1nn(-c2cccnc2)cc1-c1ccccc1. The van der Waals surface area contributed by atoms with Crippen molar-refractivity contribution in [2.45, 2.75) is 0 Å². The molecular formula is C14H12N4. The summed E-state index contributed by atoms with van der Waals surface area (Å²) in [5.74, 6) is 0.519. The molecule has 4 heteroatoms. The lowest BCUT2D eigenvalue weighted by atomic mass is 10.1. The van der Waals surface area contributed by atoms with Gasteiger partial charge in [0, 0.05) is 18.0 Å². The van der Waals surface area contributed by atoms with Crippen LogP contribution in [0.15, 0.2) is 61.1 Å². The zero-order chi connectivity index (χ0) is 12.4. The third-order valence-electron chi connectivity index (χ3n) is 2.74. The number of nitrogens with two attached hydrogens (primary N) is 1. The van der Waals surface area contributed by atoms with Crippen molar-refractivity contribution in [3.8, 4) is 16.8 Å². The van der Waals surface area contributed by atoms with E-state index in [0.29, 0.717) is 5.82 Å². The lowest BCUT2D eigenvalue weighted by Crippen LogP contribution is -1.96. The van der Waals surface area contributed by atoms with E-state index >= 15 is 0 Å². The Balaban J connectivity index is 2.07. The van der Waals surface area contributed by atoms with Crippen molar-refractivity contribution in [3.63, 3.8) is 0 Å². The number of aromatic nitrogens is 3. The average Bonchev–Trinajstić information content (AvgIpc) is 2.83. The maximum atomic E-state index is 5.96. The molecule has 3 aromatic rings. The molecule has 0 amide bonds. The molecule has 18 heavy (non-hydrogen) atoms. The van der Waals surface area contributed by atoms with E-state index in [1.807, 2.05) is 48.7 Å². The first-order chi connectivity index (χ1) is 8.84. The predicted molar refractivity (Wildman–Crippen MR) is 71.2 cm³/mol. The van der Waals surface area contributed by atoms with Crippen molar-refractivity contribution >= 4 is 5.82 Å². The Morgan fingerprint density at radius 2 is 1.83 bits per heavy atom. The van der Waals surface area contributed by atoms with Gasteiger partial charge >= 0.3 is 0 Å². The highest BCUT2D eigenvalue weighted by Crippen LogP contribution is 2.25. The zero-order valence-electron chi connectivity index (χ0n) is 9.69. The largest absolute Gasteiger partial charge is 0.382 e. The van der Waals surface area contributed by atoms with Crippen molar-refractivity contribution in [2.24, 2.45) is 0 Å². The second-order valence-corrected chi connectivity index (χ2v) is 3.95. The van der Waals surface area contributed by atoms with E-state index in [1.165, 1.54) is 0 Å². The number of hydrogen-bond donors (Lipinski definition) is 1. The summed E-state index contributed by atoms with van der Waals surface area (Å²) in [6, 6.07) is 13.8. The standard InChI is InChI=1S/C14H12N4/c15-14-13(11-5-2-1-3-6-11)10-18(17-14)12-7-4-8-16-9-12/h1-10H,(H2,15,17). The van der Waals surface area contributed by atoms with Crippen molar-refractivity contribution in [1.29, 1.82) is 0 Å². The number of anilines is 1. The van der Waals surface area contributed by atoms with Gasteiger partial charge in [0.05, 0.1) is 11.9 Å². The minimum atomic E-state index is 0.519. The fraction of sp³-hybridized carbons (Fsp3) is 0. The molecule has 0 aliphatic heterocycles. The van der Waals surface area contributed by atoms with Gasteiger partial charge < -0.3 is 5.73 Å². The van der Waals surface area contributed by atoms with E-state index in [1.54, 1.807) is 17.1 Å². The summed E-state index contributed by atoms with van der Waals surface area (Å²) in [5.41, 5.74) is 8.84. The van der Waals surface area contributed by atoms with E-state index in [2.05, 4.69) is 10.1 Å². The Bertz CT molecular complexity index is 644. The third-order valence-corrected chi connectivity index (χ3v) is 2.74. The lowest BCUT2D eigenvalue weighted by molar-refractivity contribution is 0.879. The first-order valence-electron chi connectivity index (χ1n) is 5.65. The molecule has 0 fully saturated rings. The molecule has 0 saturated heterocycles. The van der Waals surface area contributed by atoms with E-state index in [0.717, 1.165) is 16.8 Å². The summed E-state index contributed by atoms with van der Waals surface area (Å²) >= 11 is 0. The van der Waals surface area contributed by atoms with Crippen LogP contribution in [0.25, 0.3) is 16.8 Å². The number of nitrogen functional groups attached to an aromatic ring is 1. The van der Waals surface area contributed by atoms with Crippen molar-refractivity contribution in [1.82, 2.24) is 14.8 Å². The predicted octanol–water partition coefficient (Wildman–Crippen LogP) is 2.52. The highest BCUT2D eigenvalue weighted by Gasteiger charge is 2.08. The van der Waals surface area contributed by atoms with Crippen molar-refractivity contribution in [2.75, 3.05) is 5.73 Å². The molecule has 88 valence electrons. The lowest BCUT2D eigenvalue weighted by Gasteiger charge is -1.98. The van der Waals surface area contributed by atoms with Gasteiger partial charge in [0.1, 0.15) is 0 Å². The Morgan fingerprint density at radius 3 is 2.56 bits per heavy atom. The minimum Gasteiger partial charge on any atom is -0.382 e. The zero-order valence-corrected chi connectivity index (χ0v) is 9.69. The Morgan fingerprint density at radius 1 is 1.00 bits per heavy atom. The van der Waals surface area contributed by atoms with Gasteiger partial charge in [0.2, 0.25) is 0 Å². The summed E-state index contributed by atoms with van der Waals surface area (Å²) < 4.78 is 1.74. The molecule has 1 aromatic carbocycles. The third kappa shape index (κ3) is 1.84. The molecular weight excluding hydrogens is 224 g/mol. The van der Waals surface area contributed by atoms with Gasteiger partial charge in [0.15, 0.2) is 5.82 Å². The molecule has 0 atom stereocenters. The highest BCUT2D eigenvalue weighted by molar-refractivity contribution is 5.73. The van der Waals surface area contributed by atoms with Crippen LogP contribution in [0.2, 0.25) is 0 Å². The topological polar surface area (TPSA) is 56.7 Å². The molecule has 2 N–H and O–H groups in total. The van der Waals surface area contributed by atoms with Crippen LogP contribution in [0.3, 0.4) is 0 Å². The van der Waals surface area contributed by atoms with Crippen LogP contribution in [-0.4, -0.2) is 14.8 Å².